The molecule has 0 saturated heterocycles. The van der Waals surface area contributed by atoms with E-state index in [0.29, 0.717) is 6.04 Å². The molecule has 0 bridgehead atoms. The molecule has 3 rings (SSSR count). The second kappa shape index (κ2) is 5.76. The van der Waals surface area contributed by atoms with Crippen LogP contribution in [0.25, 0.3) is 11.1 Å². The van der Waals surface area contributed by atoms with Gasteiger partial charge >= 0.3 is 0 Å². The van der Waals surface area contributed by atoms with Gasteiger partial charge in [0, 0.05) is 18.4 Å². The molecular weight excluding hydrogens is 244 g/mol. The minimum Gasteiger partial charge on any atom is -0.310 e. The Labute approximate surface area is 121 Å². The molecule has 1 N–H and O–H groups in total. The second-order valence-electron chi connectivity index (χ2n) is 5.65. The molecule has 104 valence electrons. The van der Waals surface area contributed by atoms with E-state index in [1.165, 1.54) is 47.1 Å². The van der Waals surface area contributed by atoms with E-state index >= 15 is 0 Å². The Kier molecular flexibility index (Phi) is 3.83. The summed E-state index contributed by atoms with van der Waals surface area (Å²) in [6.07, 6.45) is 7.43. The van der Waals surface area contributed by atoms with Crippen molar-refractivity contribution >= 4 is 0 Å². The summed E-state index contributed by atoms with van der Waals surface area (Å²) in [5.74, 6) is 0. The molecule has 0 spiro atoms. The van der Waals surface area contributed by atoms with Gasteiger partial charge in [-0.25, -0.2) is 0 Å². The average molecular weight is 266 g/mol. The number of hydrogen-bond donors (Lipinski definition) is 1. The molecule has 1 unspecified atom stereocenters. The van der Waals surface area contributed by atoms with Crippen LogP contribution in [0.2, 0.25) is 0 Å². The lowest BCUT2D eigenvalue weighted by molar-refractivity contribution is 0.529. The van der Waals surface area contributed by atoms with Gasteiger partial charge in [-0.05, 0) is 66.6 Å². The zero-order chi connectivity index (χ0) is 13.9. The highest BCUT2D eigenvalue weighted by Gasteiger charge is 2.22. The van der Waals surface area contributed by atoms with Crippen LogP contribution in [-0.2, 0) is 6.42 Å². The van der Waals surface area contributed by atoms with Crippen molar-refractivity contribution in [3.63, 3.8) is 0 Å². The first-order valence-electron chi connectivity index (χ1n) is 7.56. The molecule has 1 aliphatic carbocycles. The normalized spacial score (nSPS) is 17.2. The van der Waals surface area contributed by atoms with Crippen molar-refractivity contribution in [2.45, 2.75) is 39.2 Å². The fourth-order valence-corrected chi connectivity index (χ4v) is 3.11. The Hall–Kier alpha value is -1.67. The molecule has 1 heterocycles. The van der Waals surface area contributed by atoms with Crippen molar-refractivity contribution in [3.05, 3.63) is 53.3 Å². The lowest BCUT2D eigenvalue weighted by Crippen LogP contribution is -2.19. The second-order valence-corrected chi connectivity index (χ2v) is 5.65. The molecule has 2 aromatic rings. The molecule has 20 heavy (non-hydrogen) atoms. The molecule has 1 aromatic heterocycles. The van der Waals surface area contributed by atoms with Crippen LogP contribution in [0.5, 0.6) is 0 Å². The summed E-state index contributed by atoms with van der Waals surface area (Å²) in [6.45, 7) is 5.45. The highest BCUT2D eigenvalue weighted by Crippen LogP contribution is 2.34. The van der Waals surface area contributed by atoms with E-state index in [1.54, 1.807) is 0 Å². The van der Waals surface area contributed by atoms with Crippen molar-refractivity contribution in [1.29, 1.82) is 0 Å². The van der Waals surface area contributed by atoms with Gasteiger partial charge in [0.2, 0.25) is 0 Å². The number of aryl methyl sites for hydroxylation is 2. The number of hydrogen-bond acceptors (Lipinski definition) is 2. The molecule has 1 atom stereocenters. The van der Waals surface area contributed by atoms with Crippen LogP contribution >= 0.6 is 0 Å². The van der Waals surface area contributed by atoms with Gasteiger partial charge < -0.3 is 5.32 Å². The fraction of sp³-hybridized carbons (Fsp3) is 0.389. The van der Waals surface area contributed by atoms with Gasteiger partial charge in [-0.1, -0.05) is 25.1 Å². The number of pyridine rings is 1. The maximum Gasteiger partial charge on any atom is 0.0326 e. The van der Waals surface area contributed by atoms with Gasteiger partial charge in [-0.3, -0.25) is 4.98 Å². The molecule has 1 aliphatic rings. The fourth-order valence-electron chi connectivity index (χ4n) is 3.11. The first kappa shape index (κ1) is 13.3. The maximum atomic E-state index is 4.18. The summed E-state index contributed by atoms with van der Waals surface area (Å²) in [5, 5.41) is 3.65. The molecular formula is C18H22N2. The number of nitrogens with zero attached hydrogens (tertiary/aromatic N) is 1. The van der Waals surface area contributed by atoms with E-state index in [-0.39, 0.29) is 0 Å². The first-order valence-corrected chi connectivity index (χ1v) is 7.56. The van der Waals surface area contributed by atoms with E-state index in [1.807, 2.05) is 12.4 Å². The summed E-state index contributed by atoms with van der Waals surface area (Å²) < 4.78 is 0. The van der Waals surface area contributed by atoms with Crippen LogP contribution in [0.15, 0.2) is 36.7 Å². The lowest BCUT2D eigenvalue weighted by atomic mass is 9.98. The zero-order valence-corrected chi connectivity index (χ0v) is 12.3. The quantitative estimate of drug-likeness (QED) is 0.903. The highest BCUT2D eigenvalue weighted by molar-refractivity contribution is 5.68. The Bertz CT molecular complexity index is 604. The van der Waals surface area contributed by atoms with Crippen molar-refractivity contribution in [2.75, 3.05) is 6.54 Å². The third kappa shape index (κ3) is 2.48. The molecule has 2 nitrogen and oxygen atoms in total. The molecule has 2 heteroatoms. The Morgan fingerprint density at radius 2 is 2.20 bits per heavy atom. The van der Waals surface area contributed by atoms with E-state index in [2.05, 4.69) is 48.4 Å². The van der Waals surface area contributed by atoms with Crippen LogP contribution in [0.1, 0.15) is 42.5 Å². The summed E-state index contributed by atoms with van der Waals surface area (Å²) in [7, 11) is 0. The monoisotopic (exact) mass is 266 g/mol. The third-order valence-corrected chi connectivity index (χ3v) is 4.19. The zero-order valence-electron chi connectivity index (χ0n) is 12.3. The summed E-state index contributed by atoms with van der Waals surface area (Å²) >= 11 is 0. The van der Waals surface area contributed by atoms with Gasteiger partial charge in [-0.2, -0.15) is 0 Å². The van der Waals surface area contributed by atoms with Gasteiger partial charge in [-0.15, -0.1) is 0 Å². The highest BCUT2D eigenvalue weighted by atomic mass is 14.9. The lowest BCUT2D eigenvalue weighted by Gasteiger charge is -2.14. The van der Waals surface area contributed by atoms with Crippen LogP contribution in [0.3, 0.4) is 0 Å². The molecule has 0 fully saturated rings. The number of rotatable bonds is 4. The van der Waals surface area contributed by atoms with Crippen LogP contribution in [0.4, 0.5) is 0 Å². The summed E-state index contributed by atoms with van der Waals surface area (Å²) in [5.41, 5.74) is 6.86. The number of nitrogens with one attached hydrogen (secondary N) is 1. The van der Waals surface area contributed by atoms with E-state index in [4.69, 9.17) is 0 Å². The average Bonchev–Trinajstić information content (AvgIpc) is 2.88. The standard InChI is InChI=1S/C18H22N2/c1-3-9-20-18-7-5-15-11-14(4-6-17(15)18)16-8-10-19-12-13(16)2/h4,6,8,10-12,18,20H,3,5,7,9H2,1-2H3. The van der Waals surface area contributed by atoms with Crippen molar-refractivity contribution in [2.24, 2.45) is 0 Å². The van der Waals surface area contributed by atoms with Gasteiger partial charge in [0.25, 0.3) is 0 Å². The van der Waals surface area contributed by atoms with E-state index < -0.39 is 0 Å². The van der Waals surface area contributed by atoms with Gasteiger partial charge in [0.15, 0.2) is 0 Å². The van der Waals surface area contributed by atoms with E-state index in [9.17, 15) is 0 Å². The SMILES string of the molecule is CCCNC1CCc2cc(-c3ccncc3C)ccc21. The minimum absolute atomic E-state index is 0.553. The summed E-state index contributed by atoms with van der Waals surface area (Å²) in [6, 6.07) is 9.60. The van der Waals surface area contributed by atoms with Crippen molar-refractivity contribution in [3.8, 4) is 11.1 Å². The Balaban J connectivity index is 1.90. The predicted molar refractivity (Wildman–Crippen MR) is 83.8 cm³/mol. The Morgan fingerprint density at radius 3 is 3.00 bits per heavy atom. The number of fused-ring (bicyclic) bond motifs is 1. The third-order valence-electron chi connectivity index (χ3n) is 4.19. The molecule has 0 aliphatic heterocycles. The predicted octanol–water partition coefficient (Wildman–Crippen LogP) is 4.04. The topological polar surface area (TPSA) is 24.9 Å². The molecule has 1 aromatic carbocycles. The largest absolute Gasteiger partial charge is 0.310 e. The molecule has 0 amide bonds. The first-order chi connectivity index (χ1) is 9.79. The number of aromatic nitrogens is 1. The van der Waals surface area contributed by atoms with Crippen molar-refractivity contribution in [1.82, 2.24) is 10.3 Å². The minimum atomic E-state index is 0.553. The number of benzene rings is 1. The van der Waals surface area contributed by atoms with Gasteiger partial charge in [0.1, 0.15) is 0 Å². The molecule has 0 saturated carbocycles. The Morgan fingerprint density at radius 1 is 1.30 bits per heavy atom. The maximum absolute atomic E-state index is 4.18. The van der Waals surface area contributed by atoms with Crippen LogP contribution in [-0.4, -0.2) is 11.5 Å². The summed E-state index contributed by atoms with van der Waals surface area (Å²) in [4.78, 5) is 4.18. The van der Waals surface area contributed by atoms with E-state index in [0.717, 1.165) is 6.54 Å². The van der Waals surface area contributed by atoms with Crippen molar-refractivity contribution < 1.29 is 0 Å². The van der Waals surface area contributed by atoms with Crippen LogP contribution in [0, 0.1) is 6.92 Å². The van der Waals surface area contributed by atoms with Gasteiger partial charge in [0.05, 0.1) is 0 Å². The smallest absolute Gasteiger partial charge is 0.0326 e. The van der Waals surface area contributed by atoms with Crippen LogP contribution < -0.4 is 5.32 Å². The molecule has 0 radical (unpaired) electrons.